The molecule has 1 aromatic carbocycles. The molecule has 1 saturated heterocycles. The molecule has 134 valence electrons. The molecule has 2 aromatic rings. The number of halogens is 1. The largest absolute Gasteiger partial charge is 0.382 e. The molecule has 0 radical (unpaired) electrons. The second kappa shape index (κ2) is 7.74. The summed E-state index contributed by atoms with van der Waals surface area (Å²) < 4.78 is 24.8. The molecule has 25 heavy (non-hydrogen) atoms. The number of ether oxygens (including phenoxy) is 1. The number of anilines is 1. The van der Waals surface area contributed by atoms with Crippen LogP contribution in [-0.2, 0) is 16.0 Å². The minimum absolute atomic E-state index is 0.135. The second-order valence-corrected chi connectivity index (χ2v) is 6.21. The Bertz CT molecular complexity index is 747. The van der Waals surface area contributed by atoms with Gasteiger partial charge in [0.05, 0.1) is 11.6 Å². The topological polar surface area (TPSA) is 68.5 Å². The van der Waals surface area contributed by atoms with E-state index in [4.69, 9.17) is 9.26 Å². The van der Waals surface area contributed by atoms with Gasteiger partial charge in [-0.15, -0.1) is 0 Å². The summed E-state index contributed by atoms with van der Waals surface area (Å²) in [5.41, 5.74) is 1.12. The molecule has 1 aliphatic heterocycles. The van der Waals surface area contributed by atoms with Gasteiger partial charge in [-0.25, -0.2) is 4.39 Å². The average Bonchev–Trinajstić information content (AvgIpc) is 3.19. The van der Waals surface area contributed by atoms with E-state index in [0.717, 1.165) is 12.0 Å². The van der Waals surface area contributed by atoms with Crippen molar-refractivity contribution in [3.8, 4) is 0 Å². The summed E-state index contributed by atoms with van der Waals surface area (Å²) in [4.78, 5) is 18.1. The van der Waals surface area contributed by atoms with Crippen LogP contribution < -0.4 is 4.90 Å². The van der Waals surface area contributed by atoms with Crippen LogP contribution in [0.4, 0.5) is 10.1 Å². The number of carbonyl (C=O) groups excluding carboxylic acids is 1. The smallest absolute Gasteiger partial charge is 0.232 e. The molecule has 1 atom stereocenters. The Morgan fingerprint density at radius 3 is 3.04 bits per heavy atom. The van der Waals surface area contributed by atoms with Gasteiger partial charge in [0.25, 0.3) is 0 Å². The van der Waals surface area contributed by atoms with Gasteiger partial charge >= 0.3 is 0 Å². The summed E-state index contributed by atoms with van der Waals surface area (Å²) in [6.45, 7) is 5.45. The van der Waals surface area contributed by atoms with Gasteiger partial charge < -0.3 is 14.2 Å². The van der Waals surface area contributed by atoms with Crippen LogP contribution in [0.25, 0.3) is 0 Å². The van der Waals surface area contributed by atoms with Crippen LogP contribution in [0.2, 0.25) is 0 Å². The fourth-order valence-corrected chi connectivity index (χ4v) is 2.95. The fraction of sp³-hybridized carbons (Fsp3) is 0.500. The molecule has 1 aliphatic rings. The first-order valence-electron chi connectivity index (χ1n) is 8.55. The lowest BCUT2D eigenvalue weighted by Gasteiger charge is -2.17. The molecule has 1 aromatic heterocycles. The minimum atomic E-state index is -0.392. The van der Waals surface area contributed by atoms with Crippen molar-refractivity contribution < 1.29 is 18.4 Å². The van der Waals surface area contributed by atoms with E-state index < -0.39 is 5.82 Å². The molecule has 7 heteroatoms. The van der Waals surface area contributed by atoms with Crippen LogP contribution in [0.1, 0.15) is 43.0 Å². The molecule has 0 bridgehead atoms. The number of hydrogen-bond donors (Lipinski definition) is 0. The Morgan fingerprint density at radius 2 is 2.28 bits per heavy atom. The molecular formula is C18H22FN3O3. The molecule has 3 rings (SSSR count). The van der Waals surface area contributed by atoms with E-state index in [1.54, 1.807) is 12.1 Å². The number of hydrogen-bond acceptors (Lipinski definition) is 5. The molecule has 2 heterocycles. The summed E-state index contributed by atoms with van der Waals surface area (Å²) in [6, 6.07) is 4.86. The summed E-state index contributed by atoms with van der Waals surface area (Å²) >= 11 is 0. The lowest BCUT2D eigenvalue weighted by Crippen LogP contribution is -2.25. The van der Waals surface area contributed by atoms with Gasteiger partial charge in [-0.2, -0.15) is 4.98 Å². The van der Waals surface area contributed by atoms with Gasteiger partial charge in [-0.3, -0.25) is 4.79 Å². The van der Waals surface area contributed by atoms with Crippen LogP contribution in [0.5, 0.6) is 0 Å². The highest BCUT2D eigenvalue weighted by molar-refractivity contribution is 5.96. The zero-order chi connectivity index (χ0) is 17.8. The van der Waals surface area contributed by atoms with Crippen LogP contribution in [-0.4, -0.2) is 35.8 Å². The quantitative estimate of drug-likeness (QED) is 0.720. The van der Waals surface area contributed by atoms with Gasteiger partial charge in [0.15, 0.2) is 5.82 Å². The lowest BCUT2D eigenvalue weighted by atomic mass is 10.1. The van der Waals surface area contributed by atoms with Crippen molar-refractivity contribution >= 4 is 11.6 Å². The number of aryl methyl sites for hydroxylation is 2. The van der Waals surface area contributed by atoms with Gasteiger partial charge in [0.2, 0.25) is 11.8 Å². The third-order valence-electron chi connectivity index (χ3n) is 4.25. The summed E-state index contributed by atoms with van der Waals surface area (Å²) in [5.74, 6) is 0.318. The van der Waals surface area contributed by atoms with Crippen molar-refractivity contribution in [2.75, 3.05) is 24.7 Å². The number of amides is 1. The van der Waals surface area contributed by atoms with Crippen molar-refractivity contribution in [2.24, 2.45) is 0 Å². The van der Waals surface area contributed by atoms with Crippen molar-refractivity contribution in [3.05, 3.63) is 41.3 Å². The third kappa shape index (κ3) is 4.04. The van der Waals surface area contributed by atoms with Gasteiger partial charge in [0, 0.05) is 32.6 Å². The predicted molar refractivity (Wildman–Crippen MR) is 90.0 cm³/mol. The minimum Gasteiger partial charge on any atom is -0.382 e. The first-order chi connectivity index (χ1) is 12.1. The Kier molecular flexibility index (Phi) is 5.43. The SMILES string of the molecule is CCOCCCc1noc([C@@H]2CC(=O)N(c3ccc(C)cc3F)C2)n1. The monoisotopic (exact) mass is 347 g/mol. The van der Waals surface area contributed by atoms with E-state index in [-0.39, 0.29) is 18.2 Å². The Balaban J connectivity index is 1.65. The molecule has 0 unspecified atom stereocenters. The number of aromatic nitrogens is 2. The average molecular weight is 347 g/mol. The zero-order valence-electron chi connectivity index (χ0n) is 14.5. The maximum Gasteiger partial charge on any atom is 0.232 e. The maximum absolute atomic E-state index is 14.2. The summed E-state index contributed by atoms with van der Waals surface area (Å²) in [7, 11) is 0. The van der Waals surface area contributed by atoms with E-state index >= 15 is 0 Å². The zero-order valence-corrected chi connectivity index (χ0v) is 14.5. The molecule has 0 N–H and O–H groups in total. The summed E-state index contributed by atoms with van der Waals surface area (Å²) in [5, 5.41) is 3.96. The van der Waals surface area contributed by atoms with Crippen molar-refractivity contribution in [3.63, 3.8) is 0 Å². The highest BCUT2D eigenvalue weighted by Gasteiger charge is 2.36. The standard InChI is InChI=1S/C18H22FN3O3/c1-3-24-8-4-5-16-20-18(25-21-16)13-10-17(23)22(11-13)15-7-6-12(2)9-14(15)19/h6-7,9,13H,3-5,8,10-11H2,1-2H3/t13-/m1/s1. The number of rotatable bonds is 7. The number of nitrogens with zero attached hydrogens (tertiary/aromatic N) is 3. The first-order valence-corrected chi connectivity index (χ1v) is 8.55. The molecule has 0 aliphatic carbocycles. The van der Waals surface area contributed by atoms with Crippen molar-refractivity contribution in [2.45, 2.75) is 39.0 Å². The first kappa shape index (κ1) is 17.5. The molecular weight excluding hydrogens is 325 g/mol. The van der Waals surface area contributed by atoms with E-state index in [1.807, 2.05) is 13.8 Å². The van der Waals surface area contributed by atoms with Crippen LogP contribution in [0, 0.1) is 12.7 Å². The van der Waals surface area contributed by atoms with E-state index in [0.29, 0.717) is 43.6 Å². The van der Waals surface area contributed by atoms with Crippen LogP contribution in [0.3, 0.4) is 0 Å². The number of benzene rings is 1. The summed E-state index contributed by atoms with van der Waals surface area (Å²) in [6.07, 6.45) is 1.73. The van der Waals surface area contributed by atoms with E-state index in [1.165, 1.54) is 11.0 Å². The highest BCUT2D eigenvalue weighted by Crippen LogP contribution is 2.32. The van der Waals surface area contributed by atoms with Gasteiger partial charge in [-0.05, 0) is 38.0 Å². The molecule has 6 nitrogen and oxygen atoms in total. The highest BCUT2D eigenvalue weighted by atomic mass is 19.1. The van der Waals surface area contributed by atoms with Crippen LogP contribution >= 0.6 is 0 Å². The number of carbonyl (C=O) groups is 1. The predicted octanol–water partition coefficient (Wildman–Crippen LogP) is 3.01. The molecule has 1 amide bonds. The van der Waals surface area contributed by atoms with E-state index in [2.05, 4.69) is 10.1 Å². The third-order valence-corrected chi connectivity index (χ3v) is 4.25. The Morgan fingerprint density at radius 1 is 1.44 bits per heavy atom. The molecule has 0 spiro atoms. The Labute approximate surface area is 146 Å². The molecule has 0 saturated carbocycles. The van der Waals surface area contributed by atoms with Crippen LogP contribution in [0.15, 0.2) is 22.7 Å². The van der Waals surface area contributed by atoms with Gasteiger partial charge in [0.1, 0.15) is 5.82 Å². The fourth-order valence-electron chi connectivity index (χ4n) is 2.95. The van der Waals surface area contributed by atoms with Crippen molar-refractivity contribution in [1.29, 1.82) is 0 Å². The second-order valence-electron chi connectivity index (χ2n) is 6.21. The Hall–Kier alpha value is -2.28. The normalized spacial score (nSPS) is 17.5. The maximum atomic E-state index is 14.2. The lowest BCUT2D eigenvalue weighted by molar-refractivity contribution is -0.117. The van der Waals surface area contributed by atoms with Crippen molar-refractivity contribution in [1.82, 2.24) is 10.1 Å². The van der Waals surface area contributed by atoms with Gasteiger partial charge in [-0.1, -0.05) is 11.2 Å². The van der Waals surface area contributed by atoms with E-state index in [9.17, 15) is 9.18 Å². The molecule has 1 fully saturated rings.